The number of hydrogen-bond acceptors (Lipinski definition) is 2. The molecule has 1 aromatic rings. The second kappa shape index (κ2) is 4.43. The van der Waals surface area contributed by atoms with Crippen LogP contribution in [0.2, 0.25) is 0 Å². The van der Waals surface area contributed by atoms with Crippen molar-refractivity contribution in [3.8, 4) is 0 Å². The number of hydrogen-bond donors (Lipinski definition) is 0. The Morgan fingerprint density at radius 1 is 1.24 bits per heavy atom. The van der Waals surface area contributed by atoms with E-state index in [0.717, 1.165) is 13.2 Å². The molecule has 0 unspecified atom stereocenters. The van der Waals surface area contributed by atoms with Gasteiger partial charge in [-0.25, -0.2) is 0 Å². The van der Waals surface area contributed by atoms with Gasteiger partial charge in [0.25, 0.3) is 0 Å². The monoisotopic (exact) mass is 231 g/mol. The van der Waals surface area contributed by atoms with E-state index in [4.69, 9.17) is 4.74 Å². The fraction of sp³-hybridized carbons (Fsp3) is 0.600. The Hall–Kier alpha value is -0.860. The van der Waals surface area contributed by atoms with Gasteiger partial charge in [0.05, 0.1) is 6.61 Å². The smallest absolute Gasteiger partial charge is 0.0530 e. The number of nitrogens with zero attached hydrogens (tertiary/aromatic N) is 1. The van der Waals surface area contributed by atoms with E-state index in [1.165, 1.54) is 37.9 Å². The zero-order valence-electron chi connectivity index (χ0n) is 10.6. The minimum absolute atomic E-state index is 0.487. The van der Waals surface area contributed by atoms with E-state index in [2.05, 4.69) is 29.2 Å². The van der Waals surface area contributed by atoms with E-state index in [1.54, 1.807) is 5.56 Å². The summed E-state index contributed by atoms with van der Waals surface area (Å²) in [4.78, 5) is 2.61. The van der Waals surface area contributed by atoms with E-state index in [1.807, 2.05) is 7.11 Å². The van der Waals surface area contributed by atoms with Gasteiger partial charge in [0, 0.05) is 32.2 Å². The van der Waals surface area contributed by atoms with Gasteiger partial charge in [0.2, 0.25) is 0 Å². The van der Waals surface area contributed by atoms with Crippen LogP contribution in [0.15, 0.2) is 24.3 Å². The first kappa shape index (κ1) is 11.2. The van der Waals surface area contributed by atoms with Crippen LogP contribution in [0.5, 0.6) is 0 Å². The molecule has 0 bridgehead atoms. The fourth-order valence-corrected chi connectivity index (χ4v) is 2.99. The molecule has 0 spiro atoms. The Bertz CT molecular complexity index is 398. The first-order valence-corrected chi connectivity index (χ1v) is 6.59. The summed E-state index contributed by atoms with van der Waals surface area (Å²) in [5, 5.41) is 0. The molecule has 1 aromatic carbocycles. The highest BCUT2D eigenvalue weighted by molar-refractivity contribution is 5.29. The molecule has 0 N–H and O–H groups in total. The predicted octanol–water partition coefficient (Wildman–Crippen LogP) is 2.47. The lowest BCUT2D eigenvalue weighted by atomic mass is 9.98. The lowest BCUT2D eigenvalue weighted by molar-refractivity contribution is 0.103. The van der Waals surface area contributed by atoms with Gasteiger partial charge in [-0.2, -0.15) is 0 Å². The Morgan fingerprint density at radius 2 is 2.00 bits per heavy atom. The van der Waals surface area contributed by atoms with Crippen LogP contribution in [-0.2, 0) is 17.7 Å². The molecule has 0 aromatic heterocycles. The fourth-order valence-electron chi connectivity index (χ4n) is 2.99. The number of rotatable bonds is 4. The molecule has 2 heteroatoms. The normalized spacial score (nSPS) is 22.2. The first-order valence-electron chi connectivity index (χ1n) is 6.59. The van der Waals surface area contributed by atoms with E-state index in [-0.39, 0.29) is 0 Å². The summed E-state index contributed by atoms with van der Waals surface area (Å²) >= 11 is 0. The van der Waals surface area contributed by atoms with E-state index in [9.17, 15) is 0 Å². The topological polar surface area (TPSA) is 12.5 Å². The van der Waals surface area contributed by atoms with Crippen molar-refractivity contribution in [3.05, 3.63) is 35.4 Å². The SMILES string of the molecule is COCC1(CN2CCc3ccccc3C2)CC1. The molecule has 17 heavy (non-hydrogen) atoms. The largest absolute Gasteiger partial charge is 0.384 e. The Kier molecular flexibility index (Phi) is 2.93. The third-order valence-electron chi connectivity index (χ3n) is 4.18. The van der Waals surface area contributed by atoms with Crippen LogP contribution in [0.3, 0.4) is 0 Å². The molecular weight excluding hydrogens is 210 g/mol. The maximum atomic E-state index is 5.35. The molecule has 1 aliphatic carbocycles. The molecule has 0 amide bonds. The maximum Gasteiger partial charge on any atom is 0.0530 e. The molecule has 3 rings (SSSR count). The van der Waals surface area contributed by atoms with Crippen molar-refractivity contribution in [1.29, 1.82) is 0 Å². The average molecular weight is 231 g/mol. The van der Waals surface area contributed by atoms with E-state index < -0.39 is 0 Å². The standard InChI is InChI=1S/C15H21NO/c1-17-12-15(7-8-15)11-16-9-6-13-4-2-3-5-14(13)10-16/h2-5H,6-12H2,1H3. The zero-order valence-corrected chi connectivity index (χ0v) is 10.6. The number of fused-ring (bicyclic) bond motifs is 1. The summed E-state index contributed by atoms with van der Waals surface area (Å²) in [6.45, 7) is 4.49. The first-order chi connectivity index (χ1) is 8.31. The zero-order chi connectivity index (χ0) is 11.7. The molecular formula is C15H21NO. The van der Waals surface area contributed by atoms with E-state index >= 15 is 0 Å². The van der Waals surface area contributed by atoms with Crippen LogP contribution in [-0.4, -0.2) is 31.7 Å². The van der Waals surface area contributed by atoms with Crippen molar-refractivity contribution in [2.75, 3.05) is 26.8 Å². The second-order valence-corrected chi connectivity index (χ2v) is 5.66. The van der Waals surface area contributed by atoms with Crippen molar-refractivity contribution in [2.45, 2.75) is 25.8 Å². The molecule has 2 aliphatic rings. The average Bonchev–Trinajstić information content (AvgIpc) is 3.09. The van der Waals surface area contributed by atoms with Crippen molar-refractivity contribution in [2.24, 2.45) is 5.41 Å². The molecule has 1 heterocycles. The van der Waals surface area contributed by atoms with Crippen LogP contribution < -0.4 is 0 Å². The minimum Gasteiger partial charge on any atom is -0.384 e. The lowest BCUT2D eigenvalue weighted by Crippen LogP contribution is -2.36. The van der Waals surface area contributed by atoms with Crippen molar-refractivity contribution >= 4 is 0 Å². The summed E-state index contributed by atoms with van der Waals surface area (Å²) in [7, 11) is 1.82. The van der Waals surface area contributed by atoms with Gasteiger partial charge in [-0.1, -0.05) is 24.3 Å². The quantitative estimate of drug-likeness (QED) is 0.789. The second-order valence-electron chi connectivity index (χ2n) is 5.66. The maximum absolute atomic E-state index is 5.35. The number of benzene rings is 1. The highest BCUT2D eigenvalue weighted by atomic mass is 16.5. The summed E-state index contributed by atoms with van der Waals surface area (Å²) in [5.74, 6) is 0. The highest BCUT2D eigenvalue weighted by Crippen LogP contribution is 2.46. The van der Waals surface area contributed by atoms with Crippen LogP contribution in [0.1, 0.15) is 24.0 Å². The summed E-state index contributed by atoms with van der Waals surface area (Å²) in [5.41, 5.74) is 3.55. The molecule has 0 saturated heterocycles. The Morgan fingerprint density at radius 3 is 2.71 bits per heavy atom. The van der Waals surface area contributed by atoms with Gasteiger partial charge < -0.3 is 4.74 Å². The Labute approximate surface area is 104 Å². The summed E-state index contributed by atoms with van der Waals surface area (Å²) < 4.78 is 5.35. The molecule has 2 nitrogen and oxygen atoms in total. The van der Waals surface area contributed by atoms with Gasteiger partial charge in [-0.15, -0.1) is 0 Å². The number of ether oxygens (including phenoxy) is 1. The van der Waals surface area contributed by atoms with Gasteiger partial charge in [0.1, 0.15) is 0 Å². The number of methoxy groups -OCH3 is 1. The van der Waals surface area contributed by atoms with Gasteiger partial charge in [-0.05, 0) is 30.4 Å². The Balaban J connectivity index is 1.64. The molecule has 92 valence electrons. The van der Waals surface area contributed by atoms with Crippen LogP contribution in [0.4, 0.5) is 0 Å². The van der Waals surface area contributed by atoms with Crippen LogP contribution in [0, 0.1) is 5.41 Å². The molecule has 1 aliphatic heterocycles. The third kappa shape index (κ3) is 2.38. The van der Waals surface area contributed by atoms with E-state index in [0.29, 0.717) is 5.41 Å². The molecule has 0 atom stereocenters. The molecule has 1 saturated carbocycles. The minimum atomic E-state index is 0.487. The highest BCUT2D eigenvalue weighted by Gasteiger charge is 2.44. The van der Waals surface area contributed by atoms with Gasteiger partial charge >= 0.3 is 0 Å². The van der Waals surface area contributed by atoms with Crippen molar-refractivity contribution in [1.82, 2.24) is 4.90 Å². The van der Waals surface area contributed by atoms with Crippen LogP contribution in [0.25, 0.3) is 0 Å². The van der Waals surface area contributed by atoms with Crippen molar-refractivity contribution in [3.63, 3.8) is 0 Å². The van der Waals surface area contributed by atoms with Gasteiger partial charge in [-0.3, -0.25) is 4.90 Å². The summed E-state index contributed by atoms with van der Waals surface area (Å²) in [6, 6.07) is 8.86. The predicted molar refractivity (Wildman–Crippen MR) is 69.0 cm³/mol. The third-order valence-corrected chi connectivity index (χ3v) is 4.18. The van der Waals surface area contributed by atoms with Crippen LogP contribution >= 0.6 is 0 Å². The van der Waals surface area contributed by atoms with Crippen molar-refractivity contribution < 1.29 is 4.74 Å². The summed E-state index contributed by atoms with van der Waals surface area (Å²) in [6.07, 6.45) is 3.90. The molecule has 0 radical (unpaired) electrons. The van der Waals surface area contributed by atoms with Gasteiger partial charge in [0.15, 0.2) is 0 Å². The lowest BCUT2D eigenvalue weighted by Gasteiger charge is -2.31. The molecule has 1 fully saturated rings.